The van der Waals surface area contributed by atoms with E-state index in [1.54, 1.807) is 0 Å². The largest absolute Gasteiger partial charge is 0.480 e. The van der Waals surface area contributed by atoms with Crippen LogP contribution in [0.25, 0.3) is 4.96 Å². The minimum atomic E-state index is -0.933. The van der Waals surface area contributed by atoms with Crippen molar-refractivity contribution in [1.29, 1.82) is 0 Å². The lowest BCUT2D eigenvalue weighted by molar-refractivity contribution is -0.147. The molecule has 1 N–H and O–H groups in total. The molecule has 1 aliphatic heterocycles. The molecule has 0 radical (unpaired) electrons. The molecule has 1 aliphatic rings. The van der Waals surface area contributed by atoms with E-state index in [-0.39, 0.29) is 12.3 Å². The van der Waals surface area contributed by atoms with Gasteiger partial charge in [-0.2, -0.15) is 0 Å². The summed E-state index contributed by atoms with van der Waals surface area (Å²) in [6.45, 7) is 1.91. The first-order chi connectivity index (χ1) is 9.56. The lowest BCUT2D eigenvalue weighted by Gasteiger charge is -2.20. The van der Waals surface area contributed by atoms with Crippen LogP contribution in [-0.4, -0.2) is 48.9 Å². The van der Waals surface area contributed by atoms with E-state index < -0.39 is 12.0 Å². The number of carboxylic acid groups (broad SMARTS) is 1. The minimum absolute atomic E-state index is 0.145. The molecule has 3 rings (SSSR count). The number of carboxylic acids is 1. The van der Waals surface area contributed by atoms with E-state index in [9.17, 15) is 9.59 Å². The predicted molar refractivity (Wildman–Crippen MR) is 77.1 cm³/mol. The molecular weight excluding hydrogens is 298 g/mol. The number of aliphatic carboxylic acids is 1. The third-order valence-corrected chi connectivity index (χ3v) is 5.12. The molecule has 2 aromatic rings. The van der Waals surface area contributed by atoms with Crippen molar-refractivity contribution in [3.63, 3.8) is 0 Å². The molecule has 1 fully saturated rings. The average Bonchev–Trinajstić information content (AvgIpc) is 3.05. The molecule has 0 saturated carbocycles. The standard InChI is InChI=1S/C12H13N3O3S2/c1-7-3-14-8(4-20-12(14)13-7)2-10(16)15-6-19-5-9(15)11(17)18/h3-4,9H,2,5-6H2,1H3,(H,17,18). The average molecular weight is 311 g/mol. The molecule has 0 aromatic carbocycles. The Kier molecular flexibility index (Phi) is 3.43. The Morgan fingerprint density at radius 2 is 2.35 bits per heavy atom. The Bertz CT molecular complexity index is 679. The van der Waals surface area contributed by atoms with Gasteiger partial charge >= 0.3 is 5.97 Å². The number of aromatic nitrogens is 2. The smallest absolute Gasteiger partial charge is 0.327 e. The molecule has 0 spiro atoms. The maximum atomic E-state index is 12.3. The van der Waals surface area contributed by atoms with Gasteiger partial charge in [0.25, 0.3) is 0 Å². The number of hydrogen-bond acceptors (Lipinski definition) is 5. The van der Waals surface area contributed by atoms with E-state index in [1.807, 2.05) is 22.9 Å². The zero-order chi connectivity index (χ0) is 14.3. The number of aryl methyl sites for hydroxylation is 1. The maximum absolute atomic E-state index is 12.3. The lowest BCUT2D eigenvalue weighted by atomic mass is 10.2. The highest BCUT2D eigenvalue weighted by Gasteiger charge is 2.34. The van der Waals surface area contributed by atoms with Crippen LogP contribution in [-0.2, 0) is 16.0 Å². The topological polar surface area (TPSA) is 74.9 Å². The Morgan fingerprint density at radius 3 is 3.10 bits per heavy atom. The quantitative estimate of drug-likeness (QED) is 0.923. The van der Waals surface area contributed by atoms with Crippen molar-refractivity contribution in [2.45, 2.75) is 19.4 Å². The van der Waals surface area contributed by atoms with Crippen LogP contribution < -0.4 is 0 Å². The molecule has 6 nitrogen and oxygen atoms in total. The maximum Gasteiger partial charge on any atom is 0.327 e. The SMILES string of the molecule is Cc1cn2c(CC(=O)N3CSCC3C(=O)O)csc2n1. The van der Waals surface area contributed by atoms with E-state index in [0.717, 1.165) is 16.3 Å². The number of thioether (sulfide) groups is 1. The van der Waals surface area contributed by atoms with Crippen LogP contribution in [0.5, 0.6) is 0 Å². The fourth-order valence-corrected chi connectivity index (χ4v) is 4.31. The van der Waals surface area contributed by atoms with Crippen molar-refractivity contribution in [3.8, 4) is 0 Å². The number of rotatable bonds is 3. The Hall–Kier alpha value is -1.54. The van der Waals surface area contributed by atoms with Crippen LogP contribution in [0.4, 0.5) is 0 Å². The van der Waals surface area contributed by atoms with Crippen LogP contribution >= 0.6 is 23.1 Å². The van der Waals surface area contributed by atoms with E-state index in [2.05, 4.69) is 4.98 Å². The fourth-order valence-electron chi connectivity index (χ4n) is 2.22. The summed E-state index contributed by atoms with van der Waals surface area (Å²) >= 11 is 2.96. The van der Waals surface area contributed by atoms with Gasteiger partial charge in [-0.05, 0) is 6.92 Å². The summed E-state index contributed by atoms with van der Waals surface area (Å²) in [6, 6.07) is -0.703. The monoisotopic (exact) mass is 311 g/mol. The molecule has 1 saturated heterocycles. The summed E-state index contributed by atoms with van der Waals surface area (Å²) in [7, 11) is 0. The highest BCUT2D eigenvalue weighted by atomic mass is 32.2. The van der Waals surface area contributed by atoms with Crippen LogP contribution in [0.15, 0.2) is 11.6 Å². The molecule has 0 aliphatic carbocycles. The van der Waals surface area contributed by atoms with Crippen molar-refractivity contribution in [2.75, 3.05) is 11.6 Å². The van der Waals surface area contributed by atoms with Gasteiger partial charge < -0.3 is 10.0 Å². The highest BCUT2D eigenvalue weighted by molar-refractivity contribution is 7.99. The van der Waals surface area contributed by atoms with Gasteiger partial charge in [0.2, 0.25) is 5.91 Å². The second-order valence-electron chi connectivity index (χ2n) is 4.66. The Labute approximate surface area is 123 Å². The number of nitrogens with zero attached hydrogens (tertiary/aromatic N) is 3. The van der Waals surface area contributed by atoms with Crippen LogP contribution in [0.3, 0.4) is 0 Å². The van der Waals surface area contributed by atoms with Crippen molar-refractivity contribution < 1.29 is 14.7 Å². The minimum Gasteiger partial charge on any atom is -0.480 e. The molecule has 20 heavy (non-hydrogen) atoms. The first-order valence-electron chi connectivity index (χ1n) is 6.08. The van der Waals surface area contributed by atoms with E-state index in [0.29, 0.717) is 11.6 Å². The van der Waals surface area contributed by atoms with Crippen LogP contribution in [0.1, 0.15) is 11.4 Å². The third-order valence-electron chi connectivity index (χ3n) is 3.22. The zero-order valence-corrected chi connectivity index (χ0v) is 12.4. The van der Waals surface area contributed by atoms with Gasteiger partial charge in [-0.25, -0.2) is 9.78 Å². The van der Waals surface area contributed by atoms with Gasteiger partial charge in [0.1, 0.15) is 6.04 Å². The second-order valence-corrected chi connectivity index (χ2v) is 6.49. The van der Waals surface area contributed by atoms with E-state index in [1.165, 1.54) is 28.0 Å². The molecular formula is C12H13N3O3S2. The van der Waals surface area contributed by atoms with Crippen molar-refractivity contribution >= 4 is 39.9 Å². The molecule has 106 valence electrons. The number of amides is 1. The molecule has 0 bridgehead atoms. The number of hydrogen-bond donors (Lipinski definition) is 1. The summed E-state index contributed by atoms with van der Waals surface area (Å²) < 4.78 is 1.90. The van der Waals surface area contributed by atoms with Gasteiger partial charge in [0, 0.05) is 23.0 Å². The summed E-state index contributed by atoms with van der Waals surface area (Å²) in [5, 5.41) is 11.0. The molecule has 2 aromatic heterocycles. The summed E-state index contributed by atoms with van der Waals surface area (Å²) in [4.78, 5) is 30.1. The second kappa shape index (κ2) is 5.10. The normalized spacial score (nSPS) is 18.9. The first kappa shape index (κ1) is 13.4. The number of thiazole rings is 1. The molecule has 1 atom stereocenters. The number of carbonyl (C=O) groups is 2. The van der Waals surface area contributed by atoms with Crippen molar-refractivity contribution in [2.24, 2.45) is 0 Å². The molecule has 1 amide bonds. The van der Waals surface area contributed by atoms with Gasteiger partial charge in [-0.15, -0.1) is 23.1 Å². The van der Waals surface area contributed by atoms with Crippen molar-refractivity contribution in [3.05, 3.63) is 23.0 Å². The Balaban J connectivity index is 1.80. The third kappa shape index (κ3) is 2.29. The fraction of sp³-hybridized carbons (Fsp3) is 0.417. The molecule has 1 unspecified atom stereocenters. The van der Waals surface area contributed by atoms with Crippen molar-refractivity contribution in [1.82, 2.24) is 14.3 Å². The predicted octanol–water partition coefficient (Wildman–Crippen LogP) is 1.23. The zero-order valence-electron chi connectivity index (χ0n) is 10.8. The number of fused-ring (bicyclic) bond motifs is 1. The summed E-state index contributed by atoms with van der Waals surface area (Å²) in [6.07, 6.45) is 2.10. The van der Waals surface area contributed by atoms with E-state index >= 15 is 0 Å². The summed E-state index contributed by atoms with van der Waals surface area (Å²) in [5.41, 5.74) is 1.77. The lowest BCUT2D eigenvalue weighted by Crippen LogP contribution is -2.42. The highest BCUT2D eigenvalue weighted by Crippen LogP contribution is 2.23. The Morgan fingerprint density at radius 1 is 1.55 bits per heavy atom. The van der Waals surface area contributed by atoms with Gasteiger partial charge in [-0.1, -0.05) is 0 Å². The van der Waals surface area contributed by atoms with E-state index in [4.69, 9.17) is 5.11 Å². The van der Waals surface area contributed by atoms with Gasteiger partial charge in [0.15, 0.2) is 4.96 Å². The van der Waals surface area contributed by atoms with Crippen LogP contribution in [0.2, 0.25) is 0 Å². The molecule has 3 heterocycles. The summed E-state index contributed by atoms with van der Waals surface area (Å²) in [5.74, 6) is -0.165. The van der Waals surface area contributed by atoms with Gasteiger partial charge in [-0.3, -0.25) is 9.20 Å². The van der Waals surface area contributed by atoms with Gasteiger partial charge in [0.05, 0.1) is 18.0 Å². The van der Waals surface area contributed by atoms with Crippen LogP contribution in [0, 0.1) is 6.92 Å². The first-order valence-corrected chi connectivity index (χ1v) is 8.12. The number of carbonyl (C=O) groups excluding carboxylic acids is 1. The molecule has 8 heteroatoms. The number of imidazole rings is 1.